The van der Waals surface area contributed by atoms with Crippen molar-refractivity contribution in [1.82, 2.24) is 0 Å². The van der Waals surface area contributed by atoms with Crippen molar-refractivity contribution in [2.75, 3.05) is 7.11 Å². The summed E-state index contributed by atoms with van der Waals surface area (Å²) in [5, 5.41) is 40.1. The minimum absolute atomic E-state index is 0. The van der Waals surface area contributed by atoms with Crippen molar-refractivity contribution in [2.24, 2.45) is 9.98 Å². The summed E-state index contributed by atoms with van der Waals surface area (Å²) < 4.78 is 5.46. The Morgan fingerprint density at radius 2 is 1.04 bits per heavy atom. The summed E-state index contributed by atoms with van der Waals surface area (Å²) in [4.78, 5) is 27.3. The van der Waals surface area contributed by atoms with E-state index in [1.165, 1.54) is 0 Å². The summed E-state index contributed by atoms with van der Waals surface area (Å²) in [5.41, 5.74) is 6.17. The molecular weight excluding hydrogens is 667 g/mol. The number of carbonyl (C=O) groups excluding carboxylic acids is 2. The molecule has 10 heteroatoms. The largest absolute Gasteiger partial charge is 2.00 e. The molecule has 3 aromatic rings. The Labute approximate surface area is 302 Å². The summed E-state index contributed by atoms with van der Waals surface area (Å²) in [5.74, 6) is -0.426. The molecule has 0 heterocycles. The Bertz CT molecular complexity index is 1610. The number of phenolic OH excluding ortho intramolecular Hbond substituents is 2. The van der Waals surface area contributed by atoms with E-state index in [-0.39, 0.29) is 39.1 Å². The molecule has 3 rings (SSSR count). The summed E-state index contributed by atoms with van der Waals surface area (Å²) >= 11 is 0. The number of hydrogen-bond donors (Lipinski definition) is 2. The number of aromatic hydroxyl groups is 2. The van der Waals surface area contributed by atoms with Crippen molar-refractivity contribution in [3.8, 4) is 17.2 Å². The number of carboxylic acid groups (broad SMARTS) is 2. The molecule has 0 bridgehead atoms. The zero-order valence-corrected chi connectivity index (χ0v) is 32.1. The van der Waals surface area contributed by atoms with Crippen molar-refractivity contribution in [3.63, 3.8) is 0 Å². The molecule has 0 unspecified atom stereocenters. The van der Waals surface area contributed by atoms with E-state index in [9.17, 15) is 10.2 Å². The SMILES string of the molecule is CC(=O)[O-].CC(=O)[O-].COc1ccc(N=Cc2cc(C(C)C)cc(C(C)(C)C)c2O)c(N=Cc2cc(C(C)C)cc(C(C)(C)C)c2O)c1.[Co+2]. The molecule has 0 aliphatic carbocycles. The number of nitrogens with zero attached hydrogens (tertiary/aromatic N) is 2. The third-order valence-electron chi connectivity index (χ3n) is 7.14. The molecule has 0 saturated carbocycles. The quantitative estimate of drug-likeness (QED) is 0.250. The van der Waals surface area contributed by atoms with Gasteiger partial charge >= 0.3 is 16.8 Å². The van der Waals surface area contributed by atoms with Gasteiger partial charge in [-0.1, -0.05) is 81.4 Å². The van der Waals surface area contributed by atoms with Crippen LogP contribution in [0, 0.1) is 0 Å². The first-order valence-corrected chi connectivity index (χ1v) is 15.9. The fourth-order valence-electron chi connectivity index (χ4n) is 4.49. The Morgan fingerprint density at radius 3 is 1.35 bits per heavy atom. The Kier molecular flexibility index (Phi) is 17.5. The van der Waals surface area contributed by atoms with Crippen LogP contribution in [0.4, 0.5) is 11.4 Å². The van der Waals surface area contributed by atoms with Gasteiger partial charge in [0.1, 0.15) is 17.2 Å². The van der Waals surface area contributed by atoms with Gasteiger partial charge in [0.2, 0.25) is 0 Å². The van der Waals surface area contributed by atoms with Gasteiger partial charge in [-0.05, 0) is 71.9 Å². The Balaban J connectivity index is 0.00000230. The number of aliphatic imine (C=N–C) groups is 2. The fourth-order valence-corrected chi connectivity index (χ4v) is 4.49. The number of phenols is 2. The van der Waals surface area contributed by atoms with Crippen LogP contribution in [0.5, 0.6) is 17.2 Å². The van der Waals surface area contributed by atoms with E-state index in [0.717, 1.165) is 36.1 Å². The number of hydrogen-bond acceptors (Lipinski definition) is 9. The predicted molar refractivity (Wildman–Crippen MR) is 191 cm³/mol. The first-order valence-electron chi connectivity index (χ1n) is 15.9. The van der Waals surface area contributed by atoms with Crippen LogP contribution in [0.1, 0.15) is 128 Å². The van der Waals surface area contributed by atoms with E-state index in [0.29, 0.717) is 40.1 Å². The second-order valence-electron chi connectivity index (χ2n) is 14.2. The van der Waals surface area contributed by atoms with Gasteiger partial charge in [0.15, 0.2) is 0 Å². The first kappa shape index (κ1) is 44.8. The monoisotopic (exact) mass is 719 g/mol. The zero-order chi connectivity index (χ0) is 37.1. The Hall–Kier alpha value is -4.15. The van der Waals surface area contributed by atoms with E-state index in [1.807, 2.05) is 30.3 Å². The number of ether oxygens (including phenoxy) is 1. The van der Waals surface area contributed by atoms with Gasteiger partial charge in [-0.25, -0.2) is 0 Å². The number of carbonyl (C=O) groups is 2. The van der Waals surface area contributed by atoms with E-state index in [4.69, 9.17) is 34.5 Å². The summed E-state index contributed by atoms with van der Waals surface area (Å²) in [6, 6.07) is 13.7. The third-order valence-corrected chi connectivity index (χ3v) is 7.14. The molecule has 0 saturated heterocycles. The summed E-state index contributed by atoms with van der Waals surface area (Å²) in [6.07, 6.45) is 3.39. The standard InChI is InChI=1S/C35H46N2O3.2C2H4O2.Co/c1-21(2)23-14-25(32(38)28(16-23)34(5,6)7)19-36-30-13-12-27(40-11)18-31(30)37-20-26-15-24(22(3)4)17-29(33(26)39)35(8,9)10;2*1-2(3)4;/h12-22,38-39H,1-11H3;2*1H3,(H,3,4);/q;;;+2/p-2. The van der Waals surface area contributed by atoms with E-state index < -0.39 is 11.9 Å². The van der Waals surface area contributed by atoms with Crippen LogP contribution < -0.4 is 14.9 Å². The maximum atomic E-state index is 11.2. The molecule has 0 atom stereocenters. The van der Waals surface area contributed by atoms with Crippen LogP contribution in [0.2, 0.25) is 0 Å². The molecule has 0 aliphatic heterocycles. The van der Waals surface area contributed by atoms with Crippen molar-refractivity contribution in [3.05, 3.63) is 75.8 Å². The van der Waals surface area contributed by atoms with Crippen LogP contribution >= 0.6 is 0 Å². The summed E-state index contributed by atoms with van der Waals surface area (Å²) in [7, 11) is 1.61. The van der Waals surface area contributed by atoms with Gasteiger partial charge in [-0.2, -0.15) is 0 Å². The van der Waals surface area contributed by atoms with Gasteiger partial charge in [-0.15, -0.1) is 0 Å². The van der Waals surface area contributed by atoms with Crippen LogP contribution in [0.3, 0.4) is 0 Å². The van der Waals surface area contributed by atoms with E-state index in [2.05, 4.69) is 81.4 Å². The minimum atomic E-state index is -1.08. The minimum Gasteiger partial charge on any atom is -0.550 e. The van der Waals surface area contributed by atoms with Crippen molar-refractivity contribution >= 4 is 35.7 Å². The first-order chi connectivity index (χ1) is 22.0. The summed E-state index contributed by atoms with van der Waals surface area (Å²) in [6.45, 7) is 23.1. The average Bonchev–Trinajstić information content (AvgIpc) is 2.94. The molecule has 1 radical (unpaired) electrons. The average molecular weight is 720 g/mol. The number of aliphatic carboxylic acids is 2. The zero-order valence-electron chi connectivity index (χ0n) is 31.0. The molecule has 3 aromatic carbocycles. The van der Waals surface area contributed by atoms with Gasteiger partial charge < -0.3 is 34.8 Å². The molecular formula is C39H52CoN2O7. The van der Waals surface area contributed by atoms with Crippen molar-refractivity contribution in [1.29, 1.82) is 0 Å². The number of benzene rings is 3. The second-order valence-corrected chi connectivity index (χ2v) is 14.2. The molecule has 0 aliphatic rings. The normalized spacial score (nSPS) is 11.5. The number of methoxy groups -OCH3 is 1. The molecule has 0 amide bonds. The van der Waals surface area contributed by atoms with E-state index in [1.54, 1.807) is 19.5 Å². The molecule has 0 spiro atoms. The number of rotatable bonds is 7. The van der Waals surface area contributed by atoms with Gasteiger partial charge in [0, 0.05) is 52.7 Å². The molecule has 49 heavy (non-hydrogen) atoms. The van der Waals surface area contributed by atoms with Gasteiger partial charge in [0.05, 0.1) is 18.5 Å². The topological polar surface area (TPSA) is 155 Å². The third kappa shape index (κ3) is 14.5. The molecule has 0 aromatic heterocycles. The smallest absolute Gasteiger partial charge is 0.550 e. The molecule has 269 valence electrons. The van der Waals surface area contributed by atoms with Crippen LogP contribution in [0.15, 0.2) is 52.4 Å². The van der Waals surface area contributed by atoms with E-state index >= 15 is 0 Å². The molecule has 9 nitrogen and oxygen atoms in total. The second kappa shape index (κ2) is 19.1. The van der Waals surface area contributed by atoms with Crippen LogP contribution in [0.25, 0.3) is 0 Å². The molecule has 0 fully saturated rings. The number of carboxylic acids is 2. The molecule has 2 N–H and O–H groups in total. The van der Waals surface area contributed by atoms with Crippen LogP contribution in [-0.4, -0.2) is 41.7 Å². The van der Waals surface area contributed by atoms with Crippen molar-refractivity contribution < 1.29 is 51.5 Å². The Morgan fingerprint density at radius 1 is 0.694 bits per heavy atom. The van der Waals surface area contributed by atoms with Gasteiger partial charge in [0.25, 0.3) is 0 Å². The maximum absolute atomic E-state index is 11.2. The van der Waals surface area contributed by atoms with Crippen molar-refractivity contribution in [2.45, 2.75) is 106 Å². The maximum Gasteiger partial charge on any atom is 2.00 e. The predicted octanol–water partition coefficient (Wildman–Crippen LogP) is 6.96. The fraction of sp³-hybridized carbons (Fsp3) is 0.436. The van der Waals surface area contributed by atoms with Crippen LogP contribution in [-0.2, 0) is 37.2 Å². The van der Waals surface area contributed by atoms with Gasteiger partial charge in [-0.3, -0.25) is 9.98 Å².